The second kappa shape index (κ2) is 15.0. The van der Waals surface area contributed by atoms with E-state index < -0.39 is 0 Å². The van der Waals surface area contributed by atoms with Gasteiger partial charge in [-0.3, -0.25) is 4.57 Å². The molecule has 2 aromatic heterocycles. The van der Waals surface area contributed by atoms with Crippen LogP contribution in [0.2, 0.25) is 0 Å². The third-order valence-electron chi connectivity index (χ3n) is 12.7. The Balaban J connectivity index is 1.30. The smallest absolute Gasteiger partial charge is 0.137 e. The number of pyridine rings is 1. The van der Waals surface area contributed by atoms with Gasteiger partial charge in [-0.1, -0.05) is 132 Å². The summed E-state index contributed by atoms with van der Waals surface area (Å²) in [6, 6.07) is 45.3. The van der Waals surface area contributed by atoms with Crippen molar-refractivity contribution in [2.75, 3.05) is 21.4 Å². The third-order valence-corrected chi connectivity index (χ3v) is 12.7. The zero-order valence-electron chi connectivity index (χ0n) is 39.1. The minimum atomic E-state index is -0.0953. The summed E-state index contributed by atoms with van der Waals surface area (Å²) in [6.45, 7) is 33.0. The van der Waals surface area contributed by atoms with Gasteiger partial charge in [0.05, 0.1) is 17.7 Å². The maximum atomic E-state index is 4.99. The topological polar surface area (TPSA) is 27.5 Å². The highest BCUT2D eigenvalue weighted by atomic mass is 15.4. The molecule has 5 heteroatoms. The Kier molecular flexibility index (Phi) is 10.3. The van der Waals surface area contributed by atoms with Gasteiger partial charge in [0.2, 0.25) is 0 Å². The molecule has 0 radical (unpaired) electrons. The first-order chi connectivity index (χ1) is 28.6. The molecule has 61 heavy (non-hydrogen) atoms. The lowest BCUT2D eigenvalue weighted by atomic mass is 9.80. The summed E-state index contributed by atoms with van der Waals surface area (Å²) in [5.41, 5.74) is 15.8. The van der Waals surface area contributed by atoms with Crippen LogP contribution in [-0.2, 0) is 21.7 Å². The van der Waals surface area contributed by atoms with Crippen LogP contribution < -0.4 is 14.7 Å². The molecule has 0 spiro atoms. The first-order valence-electron chi connectivity index (χ1n) is 22.0. The zero-order valence-corrected chi connectivity index (χ0v) is 39.1. The maximum absolute atomic E-state index is 4.99. The molecule has 0 atom stereocenters. The van der Waals surface area contributed by atoms with Gasteiger partial charge in [-0.05, 0) is 131 Å². The molecule has 0 N–H and O–H groups in total. The summed E-state index contributed by atoms with van der Waals surface area (Å²) in [4.78, 5) is 12.4. The summed E-state index contributed by atoms with van der Waals surface area (Å²) in [5.74, 6) is 0.929. The number of fused-ring (bicyclic) bond motifs is 3. The van der Waals surface area contributed by atoms with E-state index in [-0.39, 0.29) is 21.7 Å². The highest BCUT2D eigenvalue weighted by molar-refractivity contribution is 6.10. The molecule has 1 aliphatic heterocycles. The predicted molar refractivity (Wildman–Crippen MR) is 263 cm³/mol. The minimum absolute atomic E-state index is 0.00815. The van der Waals surface area contributed by atoms with E-state index in [0.717, 1.165) is 40.6 Å². The van der Waals surface area contributed by atoms with E-state index in [1.807, 2.05) is 6.20 Å². The SMILES string of the molecule is CC1=C(C)N(c2cc(C(C)(C)C)cc(C(C)(C)C)c2)CN1c1cc(N(c2ccccc2)c2ccc3c4ccccc4n(-c4cc(C(C)(C)C)ccn4)c3c2)cc(C(C)(C)C)c1. The number of allylic oxidation sites excluding steroid dienone is 2. The van der Waals surface area contributed by atoms with Crippen molar-refractivity contribution in [1.29, 1.82) is 0 Å². The molecule has 0 saturated heterocycles. The van der Waals surface area contributed by atoms with Crippen molar-refractivity contribution in [2.45, 2.75) is 119 Å². The average molecular weight is 808 g/mol. The van der Waals surface area contributed by atoms with Gasteiger partial charge in [-0.25, -0.2) is 4.98 Å². The lowest BCUT2D eigenvalue weighted by Gasteiger charge is -2.32. The first kappa shape index (κ1) is 41.9. The molecule has 3 heterocycles. The van der Waals surface area contributed by atoms with Gasteiger partial charge in [0.1, 0.15) is 5.82 Å². The van der Waals surface area contributed by atoms with Gasteiger partial charge in [0.15, 0.2) is 0 Å². The van der Waals surface area contributed by atoms with Crippen LogP contribution in [0.4, 0.5) is 28.4 Å². The monoisotopic (exact) mass is 808 g/mol. The summed E-state index contributed by atoms with van der Waals surface area (Å²) in [6.07, 6.45) is 1.96. The molecule has 0 bridgehead atoms. The number of aromatic nitrogens is 2. The molecule has 0 saturated carbocycles. The minimum Gasteiger partial charge on any atom is -0.325 e. The lowest BCUT2D eigenvalue weighted by molar-refractivity contribution is 0.568. The van der Waals surface area contributed by atoms with Crippen molar-refractivity contribution < 1.29 is 0 Å². The Hall–Kier alpha value is -5.81. The second-order valence-corrected chi connectivity index (χ2v) is 21.3. The fraction of sp³-hybridized carbons (Fsp3) is 0.339. The number of hydrogen-bond donors (Lipinski definition) is 0. The zero-order chi connectivity index (χ0) is 43.8. The van der Waals surface area contributed by atoms with Gasteiger partial charge < -0.3 is 14.7 Å². The van der Waals surface area contributed by atoms with Crippen LogP contribution in [0.5, 0.6) is 0 Å². The highest BCUT2D eigenvalue weighted by Crippen LogP contribution is 2.45. The fourth-order valence-corrected chi connectivity index (χ4v) is 8.62. The first-order valence-corrected chi connectivity index (χ1v) is 22.0. The molecule has 0 unspecified atom stereocenters. The number of hydrogen-bond acceptors (Lipinski definition) is 4. The number of anilines is 5. The van der Waals surface area contributed by atoms with E-state index in [2.05, 4.69) is 238 Å². The Morgan fingerprint density at radius 3 is 1.56 bits per heavy atom. The second-order valence-electron chi connectivity index (χ2n) is 21.3. The maximum Gasteiger partial charge on any atom is 0.137 e. The standard InChI is InChI=1S/C56H65N5/c1-37-38(2)59(36-58(37)45-29-40(54(6,7)8)28-41(30-45)55(9,10)11)46-31-42(56(12,13)14)32-47(34-46)60(43-20-16-15-17-21-43)44-24-25-49-48-22-18-19-23-50(48)61(51(49)35-44)52-33-39(26-27-57-52)53(3,4)5/h15-35H,36H2,1-14H3. The molecule has 5 nitrogen and oxygen atoms in total. The van der Waals surface area contributed by atoms with Gasteiger partial charge in [-0.15, -0.1) is 0 Å². The van der Waals surface area contributed by atoms with Crippen molar-refractivity contribution in [3.63, 3.8) is 0 Å². The molecule has 7 aromatic rings. The molecule has 5 aromatic carbocycles. The molecule has 1 aliphatic rings. The normalized spacial score (nSPS) is 14.2. The molecular weight excluding hydrogens is 743 g/mol. The van der Waals surface area contributed by atoms with E-state index in [1.54, 1.807) is 0 Å². The number of para-hydroxylation sites is 2. The van der Waals surface area contributed by atoms with Crippen LogP contribution in [0.3, 0.4) is 0 Å². The summed E-state index contributed by atoms with van der Waals surface area (Å²) < 4.78 is 2.35. The summed E-state index contributed by atoms with van der Waals surface area (Å²) in [7, 11) is 0. The van der Waals surface area contributed by atoms with E-state index in [1.165, 1.54) is 55.8 Å². The van der Waals surface area contributed by atoms with Gasteiger partial charge >= 0.3 is 0 Å². The van der Waals surface area contributed by atoms with E-state index >= 15 is 0 Å². The van der Waals surface area contributed by atoms with Crippen molar-refractivity contribution in [1.82, 2.24) is 9.55 Å². The Bertz CT molecular complexity index is 2760. The van der Waals surface area contributed by atoms with Crippen molar-refractivity contribution in [3.8, 4) is 5.82 Å². The summed E-state index contributed by atoms with van der Waals surface area (Å²) in [5, 5.41) is 2.42. The van der Waals surface area contributed by atoms with Crippen molar-refractivity contribution in [3.05, 3.63) is 161 Å². The van der Waals surface area contributed by atoms with E-state index in [0.29, 0.717) is 0 Å². The van der Waals surface area contributed by atoms with Crippen LogP contribution >= 0.6 is 0 Å². The summed E-state index contributed by atoms with van der Waals surface area (Å²) >= 11 is 0. The largest absolute Gasteiger partial charge is 0.325 e. The van der Waals surface area contributed by atoms with Gasteiger partial charge in [0.25, 0.3) is 0 Å². The highest BCUT2D eigenvalue weighted by Gasteiger charge is 2.31. The molecule has 0 aliphatic carbocycles. The molecular formula is C56H65N5. The Morgan fingerprint density at radius 1 is 0.443 bits per heavy atom. The van der Waals surface area contributed by atoms with Gasteiger partial charge in [-0.2, -0.15) is 0 Å². The molecule has 8 rings (SSSR count). The van der Waals surface area contributed by atoms with Gasteiger partial charge in [0, 0.05) is 56.8 Å². The fourth-order valence-electron chi connectivity index (χ4n) is 8.62. The Morgan fingerprint density at radius 2 is 0.967 bits per heavy atom. The third kappa shape index (κ3) is 7.96. The van der Waals surface area contributed by atoms with Crippen LogP contribution in [0.25, 0.3) is 27.6 Å². The molecule has 314 valence electrons. The van der Waals surface area contributed by atoms with Crippen LogP contribution in [0, 0.1) is 0 Å². The molecule has 0 fully saturated rings. The number of benzene rings is 5. The van der Waals surface area contributed by atoms with E-state index in [9.17, 15) is 0 Å². The predicted octanol–water partition coefficient (Wildman–Crippen LogP) is 15.4. The average Bonchev–Trinajstić information content (AvgIpc) is 3.69. The van der Waals surface area contributed by atoms with Crippen LogP contribution in [0.15, 0.2) is 139 Å². The number of rotatable bonds is 6. The van der Waals surface area contributed by atoms with Crippen molar-refractivity contribution >= 4 is 50.2 Å². The van der Waals surface area contributed by atoms with Crippen LogP contribution in [0.1, 0.15) is 119 Å². The molecule has 0 amide bonds. The van der Waals surface area contributed by atoms with Crippen LogP contribution in [-0.4, -0.2) is 16.2 Å². The number of nitrogens with zero attached hydrogens (tertiary/aromatic N) is 5. The quantitative estimate of drug-likeness (QED) is 0.167. The van der Waals surface area contributed by atoms with Crippen molar-refractivity contribution in [2.24, 2.45) is 0 Å². The lowest BCUT2D eigenvalue weighted by Crippen LogP contribution is -2.28. The Labute approximate surface area is 365 Å². The van der Waals surface area contributed by atoms with E-state index in [4.69, 9.17) is 4.98 Å².